The molecule has 1 aliphatic rings. The molecule has 3 N–H and O–H groups in total. The molecule has 1 amide bonds. The molecule has 0 bridgehead atoms. The molecule has 2 heterocycles. The van der Waals surface area contributed by atoms with Gasteiger partial charge >= 0.3 is 6.01 Å². The molecule has 112 valence electrons. The van der Waals surface area contributed by atoms with Crippen LogP contribution in [0.1, 0.15) is 38.5 Å². The minimum Gasteiger partial charge on any atom is -0.407 e. The first-order valence-electron chi connectivity index (χ1n) is 7.25. The van der Waals surface area contributed by atoms with Gasteiger partial charge in [0, 0.05) is 19.5 Å². The quantitative estimate of drug-likeness (QED) is 0.713. The fourth-order valence-corrected chi connectivity index (χ4v) is 2.43. The lowest BCUT2D eigenvalue weighted by Gasteiger charge is -2.29. The van der Waals surface area contributed by atoms with Crippen molar-refractivity contribution in [2.75, 3.05) is 24.5 Å². The second kappa shape index (κ2) is 7.23. The lowest BCUT2D eigenvalue weighted by molar-refractivity contribution is -0.119. The number of aromatic nitrogens is 2. The Labute approximate surface area is 118 Å². The minimum atomic E-state index is -0.217. The number of carbonyl (C=O) groups excluding carboxylic acids is 1. The van der Waals surface area contributed by atoms with Gasteiger partial charge in [0.05, 0.1) is 6.54 Å². The van der Waals surface area contributed by atoms with Crippen molar-refractivity contribution >= 4 is 11.9 Å². The van der Waals surface area contributed by atoms with Crippen molar-refractivity contribution in [1.82, 2.24) is 15.5 Å². The number of piperidine rings is 1. The predicted molar refractivity (Wildman–Crippen MR) is 75.0 cm³/mol. The molecule has 0 saturated carbocycles. The first kappa shape index (κ1) is 14.8. The van der Waals surface area contributed by atoms with E-state index in [1.54, 1.807) is 0 Å². The first-order valence-corrected chi connectivity index (χ1v) is 7.25. The molecule has 1 fully saturated rings. The third-order valence-electron chi connectivity index (χ3n) is 3.53. The number of nitrogens with one attached hydrogen (secondary N) is 1. The zero-order valence-corrected chi connectivity index (χ0v) is 12.0. The number of anilines is 1. The van der Waals surface area contributed by atoms with E-state index in [1.807, 2.05) is 0 Å². The molecular formula is C13H23N5O2. The van der Waals surface area contributed by atoms with Gasteiger partial charge in [-0.1, -0.05) is 12.0 Å². The standard InChI is InChI=1S/C13H23N5O2/c1-2-5-15-9-12-16-17-13(20-12)18-6-3-10(4-7-18)8-11(14)19/h10,15H,2-9H2,1H3,(H2,14,19). The highest BCUT2D eigenvalue weighted by Crippen LogP contribution is 2.24. The molecule has 1 aromatic rings. The van der Waals surface area contributed by atoms with Gasteiger partial charge in [-0.15, -0.1) is 5.10 Å². The first-order chi connectivity index (χ1) is 9.69. The van der Waals surface area contributed by atoms with E-state index in [1.165, 1.54) is 0 Å². The van der Waals surface area contributed by atoms with Crippen LogP contribution in [0.5, 0.6) is 0 Å². The smallest absolute Gasteiger partial charge is 0.318 e. The van der Waals surface area contributed by atoms with Crippen molar-refractivity contribution in [1.29, 1.82) is 0 Å². The van der Waals surface area contributed by atoms with Gasteiger partial charge in [0.1, 0.15) is 0 Å². The summed E-state index contributed by atoms with van der Waals surface area (Å²) in [5.74, 6) is 0.788. The van der Waals surface area contributed by atoms with Crippen LogP contribution in [0.25, 0.3) is 0 Å². The van der Waals surface area contributed by atoms with Gasteiger partial charge < -0.3 is 20.4 Å². The summed E-state index contributed by atoms with van der Waals surface area (Å²) in [6.07, 6.45) is 3.43. The maximum absolute atomic E-state index is 10.9. The van der Waals surface area contributed by atoms with Crippen LogP contribution >= 0.6 is 0 Å². The summed E-state index contributed by atoms with van der Waals surface area (Å²) in [5, 5.41) is 11.3. The van der Waals surface area contributed by atoms with Gasteiger partial charge in [0.2, 0.25) is 11.8 Å². The van der Waals surface area contributed by atoms with E-state index in [-0.39, 0.29) is 5.91 Å². The molecule has 0 aliphatic carbocycles. The summed E-state index contributed by atoms with van der Waals surface area (Å²) < 4.78 is 5.64. The SMILES string of the molecule is CCCNCc1nnc(N2CCC(CC(N)=O)CC2)o1. The molecule has 0 unspecified atom stereocenters. The van der Waals surface area contributed by atoms with E-state index in [0.717, 1.165) is 38.9 Å². The molecule has 0 aromatic carbocycles. The fourth-order valence-electron chi connectivity index (χ4n) is 2.43. The Morgan fingerprint density at radius 1 is 1.45 bits per heavy atom. The molecule has 7 nitrogen and oxygen atoms in total. The highest BCUT2D eigenvalue weighted by Gasteiger charge is 2.23. The number of rotatable bonds is 7. The highest BCUT2D eigenvalue weighted by atomic mass is 16.4. The third kappa shape index (κ3) is 4.19. The second-order valence-corrected chi connectivity index (χ2v) is 5.26. The molecule has 0 atom stereocenters. The maximum Gasteiger partial charge on any atom is 0.318 e. The van der Waals surface area contributed by atoms with Crippen molar-refractivity contribution in [3.05, 3.63) is 5.89 Å². The summed E-state index contributed by atoms with van der Waals surface area (Å²) in [7, 11) is 0. The van der Waals surface area contributed by atoms with Gasteiger partial charge in [-0.05, 0) is 31.7 Å². The Bertz CT molecular complexity index is 426. The fraction of sp³-hybridized carbons (Fsp3) is 0.769. The van der Waals surface area contributed by atoms with E-state index < -0.39 is 0 Å². The van der Waals surface area contributed by atoms with Gasteiger partial charge in [0.25, 0.3) is 0 Å². The molecule has 7 heteroatoms. The lowest BCUT2D eigenvalue weighted by atomic mass is 9.93. The topological polar surface area (TPSA) is 97.3 Å². The van der Waals surface area contributed by atoms with Crippen molar-refractivity contribution in [2.45, 2.75) is 39.2 Å². The lowest BCUT2D eigenvalue weighted by Crippen LogP contribution is -2.35. The van der Waals surface area contributed by atoms with Crippen LogP contribution in [0.2, 0.25) is 0 Å². The van der Waals surface area contributed by atoms with Crippen LogP contribution < -0.4 is 16.0 Å². The Balaban J connectivity index is 1.80. The normalized spacial score (nSPS) is 16.6. The second-order valence-electron chi connectivity index (χ2n) is 5.26. The zero-order chi connectivity index (χ0) is 14.4. The number of nitrogens with two attached hydrogens (primary N) is 1. The molecule has 0 spiro atoms. The van der Waals surface area contributed by atoms with E-state index in [2.05, 4.69) is 27.3 Å². The Hall–Kier alpha value is -1.63. The van der Waals surface area contributed by atoms with Crippen LogP contribution in [0.15, 0.2) is 4.42 Å². The number of carbonyl (C=O) groups is 1. The predicted octanol–water partition coefficient (Wildman–Crippen LogP) is 0.661. The molecule has 20 heavy (non-hydrogen) atoms. The number of hydrogen-bond donors (Lipinski definition) is 2. The number of nitrogens with zero attached hydrogens (tertiary/aromatic N) is 3. The third-order valence-corrected chi connectivity index (χ3v) is 3.53. The molecule has 1 aromatic heterocycles. The summed E-state index contributed by atoms with van der Waals surface area (Å²) in [6, 6.07) is 0.579. The van der Waals surface area contributed by atoms with Gasteiger partial charge in [-0.3, -0.25) is 4.79 Å². The van der Waals surface area contributed by atoms with E-state index in [0.29, 0.717) is 30.8 Å². The number of amides is 1. The minimum absolute atomic E-state index is 0.217. The highest BCUT2D eigenvalue weighted by molar-refractivity contribution is 5.74. The van der Waals surface area contributed by atoms with Crippen molar-refractivity contribution in [3.8, 4) is 0 Å². The van der Waals surface area contributed by atoms with Crippen LogP contribution in [0, 0.1) is 5.92 Å². The van der Waals surface area contributed by atoms with E-state index >= 15 is 0 Å². The maximum atomic E-state index is 10.9. The molecule has 1 aliphatic heterocycles. The van der Waals surface area contributed by atoms with Crippen LogP contribution in [0.3, 0.4) is 0 Å². The average Bonchev–Trinajstić information content (AvgIpc) is 2.88. The molecule has 2 rings (SSSR count). The van der Waals surface area contributed by atoms with Crippen LogP contribution in [-0.4, -0.2) is 35.7 Å². The Kier molecular flexibility index (Phi) is 5.34. The van der Waals surface area contributed by atoms with Crippen molar-refractivity contribution in [2.24, 2.45) is 11.7 Å². The Morgan fingerprint density at radius 3 is 2.85 bits per heavy atom. The largest absolute Gasteiger partial charge is 0.407 e. The van der Waals surface area contributed by atoms with Crippen LogP contribution in [0.4, 0.5) is 6.01 Å². The van der Waals surface area contributed by atoms with Crippen molar-refractivity contribution in [3.63, 3.8) is 0 Å². The van der Waals surface area contributed by atoms with E-state index in [9.17, 15) is 4.79 Å². The van der Waals surface area contributed by atoms with Gasteiger partial charge in [0.15, 0.2) is 0 Å². The van der Waals surface area contributed by atoms with Gasteiger partial charge in [-0.25, -0.2) is 0 Å². The average molecular weight is 281 g/mol. The monoisotopic (exact) mass is 281 g/mol. The summed E-state index contributed by atoms with van der Waals surface area (Å²) >= 11 is 0. The molecule has 0 radical (unpaired) electrons. The van der Waals surface area contributed by atoms with E-state index in [4.69, 9.17) is 10.2 Å². The Morgan fingerprint density at radius 2 is 2.20 bits per heavy atom. The van der Waals surface area contributed by atoms with Crippen molar-refractivity contribution < 1.29 is 9.21 Å². The van der Waals surface area contributed by atoms with Gasteiger partial charge in [-0.2, -0.15) is 0 Å². The number of hydrogen-bond acceptors (Lipinski definition) is 6. The zero-order valence-electron chi connectivity index (χ0n) is 12.0. The molecular weight excluding hydrogens is 258 g/mol. The molecule has 1 saturated heterocycles. The summed E-state index contributed by atoms with van der Waals surface area (Å²) in [6.45, 7) is 5.33. The number of primary amides is 1. The van der Waals surface area contributed by atoms with Crippen LogP contribution in [-0.2, 0) is 11.3 Å². The summed E-state index contributed by atoms with van der Waals surface area (Å²) in [4.78, 5) is 13.0. The summed E-state index contributed by atoms with van der Waals surface area (Å²) in [5.41, 5.74) is 5.23.